The van der Waals surface area contributed by atoms with Crippen LogP contribution < -0.4 is 10.6 Å². The van der Waals surface area contributed by atoms with Crippen LogP contribution in [-0.2, 0) is 9.59 Å². The van der Waals surface area contributed by atoms with Crippen LogP contribution in [0.1, 0.15) is 32.6 Å². The predicted molar refractivity (Wildman–Crippen MR) is 75.7 cm³/mol. The van der Waals surface area contributed by atoms with Gasteiger partial charge in [-0.2, -0.15) is 0 Å². The Balaban J connectivity index is 2.29. The van der Waals surface area contributed by atoms with Crippen LogP contribution in [0.4, 0.5) is 0 Å². The van der Waals surface area contributed by atoms with Gasteiger partial charge < -0.3 is 15.5 Å². The first-order chi connectivity index (χ1) is 9.04. The van der Waals surface area contributed by atoms with Crippen molar-refractivity contribution in [1.82, 2.24) is 15.5 Å². The Labute approximate surface area is 116 Å². The number of amides is 2. The summed E-state index contributed by atoms with van der Waals surface area (Å²) in [5, 5.41) is 5.91. The molecule has 2 amide bonds. The van der Waals surface area contributed by atoms with Gasteiger partial charge in [0.1, 0.15) is 0 Å². The Morgan fingerprint density at radius 2 is 2.00 bits per heavy atom. The van der Waals surface area contributed by atoms with E-state index in [2.05, 4.69) is 17.6 Å². The third-order valence-corrected chi connectivity index (χ3v) is 4.06. The second-order valence-corrected chi connectivity index (χ2v) is 5.51. The van der Waals surface area contributed by atoms with Crippen LogP contribution in [0.25, 0.3) is 0 Å². The van der Waals surface area contributed by atoms with Gasteiger partial charge in [0.25, 0.3) is 0 Å². The van der Waals surface area contributed by atoms with Crippen LogP contribution in [0.3, 0.4) is 0 Å². The number of carbonyl (C=O) groups is 2. The van der Waals surface area contributed by atoms with Crippen molar-refractivity contribution in [2.75, 3.05) is 33.7 Å². The Morgan fingerprint density at radius 1 is 1.37 bits per heavy atom. The smallest absolute Gasteiger partial charge is 0.222 e. The molecule has 19 heavy (non-hydrogen) atoms. The third-order valence-electron chi connectivity index (χ3n) is 4.06. The van der Waals surface area contributed by atoms with Crippen molar-refractivity contribution < 1.29 is 9.59 Å². The number of hydrogen-bond acceptors (Lipinski definition) is 3. The topological polar surface area (TPSA) is 61.4 Å². The molecular formula is C14H27N3O2. The van der Waals surface area contributed by atoms with E-state index in [-0.39, 0.29) is 11.8 Å². The predicted octanol–water partition coefficient (Wildman–Crippen LogP) is 0.607. The van der Waals surface area contributed by atoms with Crippen molar-refractivity contribution in [1.29, 1.82) is 0 Å². The number of nitrogens with zero attached hydrogens (tertiary/aromatic N) is 1. The first kappa shape index (κ1) is 16.0. The molecule has 2 N–H and O–H groups in total. The van der Waals surface area contributed by atoms with Crippen LogP contribution >= 0.6 is 0 Å². The minimum Gasteiger partial charge on any atom is -0.359 e. The van der Waals surface area contributed by atoms with E-state index in [0.717, 1.165) is 25.9 Å². The van der Waals surface area contributed by atoms with Gasteiger partial charge in [-0.1, -0.05) is 6.92 Å². The summed E-state index contributed by atoms with van der Waals surface area (Å²) in [6.07, 6.45) is 3.29. The zero-order valence-electron chi connectivity index (χ0n) is 12.4. The molecule has 1 aliphatic heterocycles. The Bertz CT molecular complexity index is 301. The summed E-state index contributed by atoms with van der Waals surface area (Å²) >= 11 is 0. The lowest BCUT2D eigenvalue weighted by molar-refractivity contribution is -0.131. The summed E-state index contributed by atoms with van der Waals surface area (Å²) in [6, 6.07) is 0. The monoisotopic (exact) mass is 269 g/mol. The van der Waals surface area contributed by atoms with Crippen LogP contribution in [0.5, 0.6) is 0 Å². The zero-order valence-corrected chi connectivity index (χ0v) is 12.4. The van der Waals surface area contributed by atoms with Crippen molar-refractivity contribution in [2.24, 2.45) is 11.8 Å². The molecule has 0 aromatic rings. The quantitative estimate of drug-likeness (QED) is 0.742. The number of nitrogens with one attached hydrogen (secondary N) is 2. The van der Waals surface area contributed by atoms with Gasteiger partial charge in [0.15, 0.2) is 0 Å². The van der Waals surface area contributed by atoms with Crippen molar-refractivity contribution in [3.8, 4) is 0 Å². The maximum absolute atomic E-state index is 12.1. The minimum absolute atomic E-state index is 0.0222. The summed E-state index contributed by atoms with van der Waals surface area (Å²) in [5.74, 6) is 1.20. The third kappa shape index (κ3) is 5.59. The van der Waals surface area contributed by atoms with Crippen LogP contribution in [-0.4, -0.2) is 50.4 Å². The normalized spacial score (nSPS) is 17.8. The lowest BCUT2D eigenvalue weighted by Gasteiger charge is -2.29. The molecule has 5 heteroatoms. The molecule has 0 radical (unpaired) electrons. The van der Waals surface area contributed by atoms with Crippen molar-refractivity contribution in [3.05, 3.63) is 0 Å². The summed E-state index contributed by atoms with van der Waals surface area (Å²) < 4.78 is 0. The molecule has 0 aromatic heterocycles. The highest BCUT2D eigenvalue weighted by molar-refractivity contribution is 5.78. The van der Waals surface area contributed by atoms with Gasteiger partial charge >= 0.3 is 0 Å². The molecule has 0 bridgehead atoms. The molecular weight excluding hydrogens is 242 g/mol. The summed E-state index contributed by atoms with van der Waals surface area (Å²) in [5.41, 5.74) is 0. The van der Waals surface area contributed by atoms with Gasteiger partial charge in [-0.15, -0.1) is 0 Å². The summed E-state index contributed by atoms with van der Waals surface area (Å²) in [6.45, 7) is 4.79. The van der Waals surface area contributed by atoms with E-state index in [1.165, 1.54) is 0 Å². The van der Waals surface area contributed by atoms with E-state index in [4.69, 9.17) is 0 Å². The van der Waals surface area contributed by atoms with Gasteiger partial charge in [0, 0.05) is 33.5 Å². The molecule has 1 fully saturated rings. The van der Waals surface area contributed by atoms with E-state index in [0.29, 0.717) is 31.2 Å². The zero-order chi connectivity index (χ0) is 14.3. The first-order valence-electron chi connectivity index (χ1n) is 7.19. The molecule has 1 unspecified atom stereocenters. The van der Waals surface area contributed by atoms with Gasteiger partial charge in [-0.05, 0) is 37.8 Å². The molecule has 0 aromatic carbocycles. The van der Waals surface area contributed by atoms with Gasteiger partial charge in [0.2, 0.25) is 11.8 Å². The van der Waals surface area contributed by atoms with Crippen LogP contribution in [0.15, 0.2) is 0 Å². The molecule has 1 atom stereocenters. The average molecular weight is 269 g/mol. The van der Waals surface area contributed by atoms with Gasteiger partial charge in [0.05, 0.1) is 0 Å². The number of carbonyl (C=O) groups excluding carboxylic acids is 2. The maximum Gasteiger partial charge on any atom is 0.222 e. The molecule has 0 spiro atoms. The molecule has 110 valence electrons. The molecule has 1 rings (SSSR count). The fraction of sp³-hybridized carbons (Fsp3) is 0.857. The molecule has 1 heterocycles. The highest BCUT2D eigenvalue weighted by atomic mass is 16.2. The lowest BCUT2D eigenvalue weighted by Crippen LogP contribution is -2.35. The molecule has 5 nitrogen and oxygen atoms in total. The fourth-order valence-corrected chi connectivity index (χ4v) is 2.53. The van der Waals surface area contributed by atoms with Crippen molar-refractivity contribution >= 4 is 11.8 Å². The highest BCUT2D eigenvalue weighted by Crippen LogP contribution is 2.24. The molecule has 0 saturated carbocycles. The van der Waals surface area contributed by atoms with Crippen molar-refractivity contribution in [2.45, 2.75) is 32.6 Å². The SMILES string of the molecule is CNC(=O)CCN(C)C(=O)CC(C)C1CCNCC1. The standard InChI is InChI=1S/C14H27N3O2/c1-11(12-4-7-16-8-5-12)10-14(19)17(3)9-6-13(18)15-2/h11-12,16H,4-10H2,1-3H3,(H,15,18). The number of hydrogen-bond donors (Lipinski definition) is 2. The van der Waals surface area contributed by atoms with Gasteiger partial charge in [-0.25, -0.2) is 0 Å². The van der Waals surface area contributed by atoms with Gasteiger partial charge in [-0.3, -0.25) is 9.59 Å². The van der Waals surface area contributed by atoms with Crippen LogP contribution in [0, 0.1) is 11.8 Å². The highest BCUT2D eigenvalue weighted by Gasteiger charge is 2.23. The second-order valence-electron chi connectivity index (χ2n) is 5.51. The summed E-state index contributed by atoms with van der Waals surface area (Å²) in [4.78, 5) is 24.9. The first-order valence-corrected chi connectivity index (χ1v) is 7.19. The van der Waals surface area contributed by atoms with Crippen molar-refractivity contribution in [3.63, 3.8) is 0 Å². The number of piperidine rings is 1. The van der Waals surface area contributed by atoms with E-state index in [9.17, 15) is 9.59 Å². The van der Waals surface area contributed by atoms with E-state index >= 15 is 0 Å². The molecule has 1 aliphatic rings. The van der Waals surface area contributed by atoms with E-state index in [1.54, 1.807) is 19.0 Å². The largest absolute Gasteiger partial charge is 0.359 e. The maximum atomic E-state index is 12.1. The van der Waals surface area contributed by atoms with E-state index < -0.39 is 0 Å². The van der Waals surface area contributed by atoms with Crippen LogP contribution in [0.2, 0.25) is 0 Å². The minimum atomic E-state index is -0.0222. The Hall–Kier alpha value is -1.10. The second kappa shape index (κ2) is 8.15. The Morgan fingerprint density at radius 3 is 2.58 bits per heavy atom. The molecule has 1 saturated heterocycles. The number of rotatable bonds is 6. The summed E-state index contributed by atoms with van der Waals surface area (Å²) in [7, 11) is 3.39. The van der Waals surface area contributed by atoms with E-state index in [1.807, 2.05) is 0 Å². The Kier molecular flexibility index (Phi) is 6.84. The fourth-order valence-electron chi connectivity index (χ4n) is 2.53. The average Bonchev–Trinajstić information content (AvgIpc) is 2.44. The lowest BCUT2D eigenvalue weighted by atomic mass is 9.84. The molecule has 0 aliphatic carbocycles.